The summed E-state index contributed by atoms with van der Waals surface area (Å²) in [5.41, 5.74) is 0.601. The van der Waals surface area contributed by atoms with Gasteiger partial charge in [0, 0.05) is 41.4 Å². The number of morpholine rings is 1. The highest BCUT2D eigenvalue weighted by atomic mass is 32.2. The predicted molar refractivity (Wildman–Crippen MR) is 92.2 cm³/mol. The van der Waals surface area contributed by atoms with Crippen molar-refractivity contribution in [2.24, 2.45) is 0 Å². The van der Waals surface area contributed by atoms with Crippen LogP contribution < -0.4 is 5.32 Å². The van der Waals surface area contributed by atoms with Gasteiger partial charge in [-0.3, -0.25) is 13.9 Å². The zero-order valence-corrected chi connectivity index (χ0v) is 14.9. The SMILES string of the molecule is CC(C)[S@@](=O)c1ccc(C(=O)NC[C@H](C)N2CCOCC2)cc1. The molecule has 0 aromatic heterocycles. The van der Waals surface area contributed by atoms with Crippen LogP contribution >= 0.6 is 0 Å². The lowest BCUT2D eigenvalue weighted by Crippen LogP contribution is -2.47. The van der Waals surface area contributed by atoms with Crippen molar-refractivity contribution in [1.82, 2.24) is 10.2 Å². The van der Waals surface area contributed by atoms with Crippen LogP contribution in [0.5, 0.6) is 0 Å². The Morgan fingerprint density at radius 1 is 1.22 bits per heavy atom. The van der Waals surface area contributed by atoms with Crippen LogP contribution in [0.15, 0.2) is 29.2 Å². The molecule has 2 atom stereocenters. The number of carbonyl (C=O) groups excluding carboxylic acids is 1. The van der Waals surface area contributed by atoms with Crippen molar-refractivity contribution in [2.45, 2.75) is 37.0 Å². The maximum absolute atomic E-state index is 12.2. The fourth-order valence-electron chi connectivity index (χ4n) is 2.50. The zero-order valence-electron chi connectivity index (χ0n) is 14.1. The maximum atomic E-state index is 12.2. The van der Waals surface area contributed by atoms with E-state index < -0.39 is 10.8 Å². The van der Waals surface area contributed by atoms with Crippen molar-refractivity contribution in [2.75, 3.05) is 32.8 Å². The molecule has 1 aromatic rings. The summed E-state index contributed by atoms with van der Waals surface area (Å²) in [6.07, 6.45) is 0. The monoisotopic (exact) mass is 338 g/mol. The highest BCUT2D eigenvalue weighted by Crippen LogP contribution is 2.12. The smallest absolute Gasteiger partial charge is 0.251 e. The maximum Gasteiger partial charge on any atom is 0.251 e. The number of hydrogen-bond donors (Lipinski definition) is 1. The summed E-state index contributed by atoms with van der Waals surface area (Å²) in [5.74, 6) is -0.0908. The third-order valence-corrected chi connectivity index (χ3v) is 5.60. The number of rotatable bonds is 6. The topological polar surface area (TPSA) is 58.6 Å². The highest BCUT2D eigenvalue weighted by molar-refractivity contribution is 7.85. The molecule has 0 spiro atoms. The van der Waals surface area contributed by atoms with Crippen molar-refractivity contribution < 1.29 is 13.7 Å². The molecule has 5 nitrogen and oxygen atoms in total. The van der Waals surface area contributed by atoms with Gasteiger partial charge in [-0.25, -0.2) is 0 Å². The largest absolute Gasteiger partial charge is 0.379 e. The molecule has 1 aromatic carbocycles. The lowest BCUT2D eigenvalue weighted by Gasteiger charge is -2.32. The predicted octanol–water partition coefficient (Wildman–Crippen LogP) is 1.65. The first-order valence-electron chi connectivity index (χ1n) is 8.09. The van der Waals surface area contributed by atoms with Gasteiger partial charge < -0.3 is 10.1 Å². The molecule has 1 aliphatic heterocycles. The van der Waals surface area contributed by atoms with Gasteiger partial charge in [0.1, 0.15) is 0 Å². The molecular formula is C17H26N2O3S. The molecule has 6 heteroatoms. The average Bonchev–Trinajstić information content (AvgIpc) is 2.59. The van der Waals surface area contributed by atoms with Crippen LogP contribution in [0, 0.1) is 0 Å². The lowest BCUT2D eigenvalue weighted by atomic mass is 10.2. The van der Waals surface area contributed by atoms with Gasteiger partial charge in [0.05, 0.1) is 24.0 Å². The average molecular weight is 338 g/mol. The third kappa shape index (κ3) is 5.12. The molecule has 128 valence electrons. The van der Waals surface area contributed by atoms with E-state index in [1.54, 1.807) is 24.3 Å². The number of amides is 1. The van der Waals surface area contributed by atoms with E-state index in [9.17, 15) is 9.00 Å². The second-order valence-corrected chi connectivity index (χ2v) is 8.09. The van der Waals surface area contributed by atoms with Gasteiger partial charge in [-0.15, -0.1) is 0 Å². The number of nitrogens with one attached hydrogen (secondary N) is 1. The second-order valence-electron chi connectivity index (χ2n) is 6.08. The Hall–Kier alpha value is -1.24. The van der Waals surface area contributed by atoms with Gasteiger partial charge in [-0.05, 0) is 31.2 Å². The molecule has 0 saturated carbocycles. The summed E-state index contributed by atoms with van der Waals surface area (Å²) >= 11 is 0. The minimum Gasteiger partial charge on any atom is -0.379 e. The van der Waals surface area contributed by atoms with Crippen LogP contribution in [0.3, 0.4) is 0 Å². The Labute approximate surface area is 140 Å². The van der Waals surface area contributed by atoms with E-state index in [1.807, 2.05) is 13.8 Å². The quantitative estimate of drug-likeness (QED) is 0.857. The number of hydrogen-bond acceptors (Lipinski definition) is 4. The van der Waals surface area contributed by atoms with E-state index in [0.29, 0.717) is 12.1 Å². The number of nitrogens with zero attached hydrogens (tertiary/aromatic N) is 1. The molecule has 0 aliphatic carbocycles. The normalized spacial score (nSPS) is 18.6. The van der Waals surface area contributed by atoms with Gasteiger partial charge in [-0.2, -0.15) is 0 Å². The van der Waals surface area contributed by atoms with Crippen LogP contribution in [0.2, 0.25) is 0 Å². The van der Waals surface area contributed by atoms with E-state index in [-0.39, 0.29) is 17.2 Å². The molecule has 23 heavy (non-hydrogen) atoms. The van der Waals surface area contributed by atoms with Crippen LogP contribution in [0.4, 0.5) is 0 Å². The molecular weight excluding hydrogens is 312 g/mol. The number of carbonyl (C=O) groups is 1. The van der Waals surface area contributed by atoms with Gasteiger partial charge in [0.2, 0.25) is 0 Å². The molecule has 2 rings (SSSR count). The Bertz CT molecular complexity index is 539. The Morgan fingerprint density at radius 3 is 2.39 bits per heavy atom. The third-order valence-electron chi connectivity index (χ3n) is 4.00. The summed E-state index contributed by atoms with van der Waals surface area (Å²) in [6.45, 7) is 9.89. The molecule has 0 bridgehead atoms. The summed E-state index contributed by atoms with van der Waals surface area (Å²) in [6, 6.07) is 7.32. The fourth-order valence-corrected chi connectivity index (χ4v) is 3.45. The minimum atomic E-state index is -1.02. The molecule has 1 fully saturated rings. The van der Waals surface area contributed by atoms with E-state index in [4.69, 9.17) is 4.74 Å². The standard InChI is InChI=1S/C17H26N2O3S/c1-13(2)23(21)16-6-4-15(5-7-16)17(20)18-12-14(3)19-8-10-22-11-9-19/h4-7,13-14H,8-12H2,1-3H3,(H,18,20)/t14-,23+/m0/s1. The summed E-state index contributed by atoms with van der Waals surface area (Å²) < 4.78 is 17.3. The molecule has 0 unspecified atom stereocenters. The van der Waals surface area contributed by atoms with E-state index >= 15 is 0 Å². The van der Waals surface area contributed by atoms with Crippen LogP contribution in [-0.2, 0) is 15.5 Å². The first-order chi connectivity index (χ1) is 11.0. The first-order valence-corrected chi connectivity index (χ1v) is 9.31. The second kappa shape index (κ2) is 8.57. The first kappa shape index (κ1) is 18.1. The summed E-state index contributed by atoms with van der Waals surface area (Å²) in [7, 11) is -1.02. The van der Waals surface area contributed by atoms with E-state index in [0.717, 1.165) is 31.2 Å². The van der Waals surface area contributed by atoms with E-state index in [1.165, 1.54) is 0 Å². The van der Waals surface area contributed by atoms with Crippen LogP contribution in [0.1, 0.15) is 31.1 Å². The highest BCUT2D eigenvalue weighted by Gasteiger charge is 2.18. The molecule has 1 aliphatic rings. The Kier molecular flexibility index (Phi) is 6.74. The summed E-state index contributed by atoms with van der Waals surface area (Å²) in [5, 5.41) is 3.04. The van der Waals surface area contributed by atoms with Gasteiger partial charge in [0.25, 0.3) is 5.91 Å². The molecule has 1 heterocycles. The van der Waals surface area contributed by atoms with Gasteiger partial charge in [-0.1, -0.05) is 13.8 Å². The Balaban J connectivity index is 1.86. The number of benzene rings is 1. The zero-order chi connectivity index (χ0) is 16.8. The van der Waals surface area contributed by atoms with Crippen molar-refractivity contribution in [1.29, 1.82) is 0 Å². The van der Waals surface area contributed by atoms with Crippen molar-refractivity contribution >= 4 is 16.7 Å². The number of ether oxygens (including phenoxy) is 1. The van der Waals surface area contributed by atoms with Gasteiger partial charge in [0.15, 0.2) is 0 Å². The van der Waals surface area contributed by atoms with Crippen molar-refractivity contribution in [3.8, 4) is 0 Å². The van der Waals surface area contributed by atoms with Crippen LogP contribution in [0.25, 0.3) is 0 Å². The van der Waals surface area contributed by atoms with E-state index in [2.05, 4.69) is 17.1 Å². The minimum absolute atomic E-state index is 0.0732. The lowest BCUT2D eigenvalue weighted by molar-refractivity contribution is 0.0204. The molecule has 1 saturated heterocycles. The van der Waals surface area contributed by atoms with Crippen molar-refractivity contribution in [3.05, 3.63) is 29.8 Å². The van der Waals surface area contributed by atoms with Gasteiger partial charge >= 0.3 is 0 Å². The van der Waals surface area contributed by atoms with Crippen molar-refractivity contribution in [3.63, 3.8) is 0 Å². The summed E-state index contributed by atoms with van der Waals surface area (Å²) in [4.78, 5) is 15.3. The molecule has 0 radical (unpaired) electrons. The van der Waals surface area contributed by atoms with Crippen LogP contribution in [-0.4, -0.2) is 59.2 Å². The molecule has 1 N–H and O–H groups in total. The fraction of sp³-hybridized carbons (Fsp3) is 0.588. The molecule has 1 amide bonds. The Morgan fingerprint density at radius 2 is 1.83 bits per heavy atom.